The van der Waals surface area contributed by atoms with E-state index in [-0.39, 0.29) is 13.0 Å². The fraction of sp³-hybridized carbons (Fsp3) is 0.615. The van der Waals surface area contributed by atoms with Gasteiger partial charge in [-0.1, -0.05) is 0 Å². The molecule has 1 aliphatic rings. The van der Waals surface area contributed by atoms with E-state index in [2.05, 4.69) is 4.98 Å². The molecular formula is C13H17F3N4S. The SMILES string of the molecule is NCCc1c(N2CCCC(C(F)(F)F)C2)nc2sccn12. The third-order valence-electron chi connectivity index (χ3n) is 3.90. The van der Waals surface area contributed by atoms with Gasteiger partial charge in [-0.3, -0.25) is 4.40 Å². The fourth-order valence-corrected chi connectivity index (χ4v) is 3.61. The number of fused-ring (bicyclic) bond motifs is 1. The van der Waals surface area contributed by atoms with Crippen LogP contribution in [0.2, 0.25) is 0 Å². The minimum absolute atomic E-state index is 0.00803. The monoisotopic (exact) mass is 318 g/mol. The van der Waals surface area contributed by atoms with Crippen LogP contribution < -0.4 is 10.6 Å². The van der Waals surface area contributed by atoms with Gasteiger partial charge in [-0.2, -0.15) is 13.2 Å². The Morgan fingerprint density at radius 3 is 2.95 bits per heavy atom. The van der Waals surface area contributed by atoms with Crippen molar-refractivity contribution < 1.29 is 13.2 Å². The Morgan fingerprint density at radius 2 is 2.24 bits per heavy atom. The summed E-state index contributed by atoms with van der Waals surface area (Å²) in [6.45, 7) is 1.06. The van der Waals surface area contributed by atoms with Gasteiger partial charge in [-0.25, -0.2) is 4.98 Å². The number of aromatic nitrogens is 2. The molecule has 1 atom stereocenters. The summed E-state index contributed by atoms with van der Waals surface area (Å²) >= 11 is 1.48. The largest absolute Gasteiger partial charge is 0.393 e. The van der Waals surface area contributed by atoms with Gasteiger partial charge in [0.05, 0.1) is 11.6 Å². The van der Waals surface area contributed by atoms with Crippen molar-refractivity contribution in [2.75, 3.05) is 24.5 Å². The number of hydrogen-bond donors (Lipinski definition) is 1. The van der Waals surface area contributed by atoms with Crippen LogP contribution in [-0.4, -0.2) is 35.2 Å². The van der Waals surface area contributed by atoms with Gasteiger partial charge >= 0.3 is 6.18 Å². The molecule has 2 aromatic heterocycles. The third kappa shape index (κ3) is 2.74. The first-order valence-corrected chi connectivity index (χ1v) is 7.85. The first-order valence-electron chi connectivity index (χ1n) is 6.97. The smallest absolute Gasteiger partial charge is 0.354 e. The molecule has 0 aromatic carbocycles. The highest BCUT2D eigenvalue weighted by molar-refractivity contribution is 7.15. The molecule has 3 rings (SSSR count). The highest BCUT2D eigenvalue weighted by atomic mass is 32.1. The number of halogens is 3. The van der Waals surface area contributed by atoms with Crippen LogP contribution in [0.3, 0.4) is 0 Å². The molecule has 116 valence electrons. The predicted octanol–water partition coefficient (Wildman–Crippen LogP) is 2.68. The Bertz CT molecular complexity index is 618. The molecule has 0 aliphatic carbocycles. The Morgan fingerprint density at radius 1 is 1.43 bits per heavy atom. The highest BCUT2D eigenvalue weighted by Gasteiger charge is 2.42. The molecule has 1 unspecified atom stereocenters. The lowest BCUT2D eigenvalue weighted by Gasteiger charge is -2.34. The van der Waals surface area contributed by atoms with Crippen molar-refractivity contribution in [3.8, 4) is 0 Å². The summed E-state index contributed by atoms with van der Waals surface area (Å²) in [6.07, 6.45) is -0.886. The van der Waals surface area contributed by atoms with Crippen LogP contribution in [0.4, 0.5) is 19.0 Å². The lowest BCUT2D eigenvalue weighted by atomic mass is 9.97. The average Bonchev–Trinajstić information content (AvgIpc) is 3.01. The molecule has 2 N–H and O–H groups in total. The molecule has 0 amide bonds. The number of nitrogens with zero attached hydrogens (tertiary/aromatic N) is 3. The molecule has 2 aromatic rings. The van der Waals surface area contributed by atoms with Gasteiger partial charge in [0.25, 0.3) is 0 Å². The minimum atomic E-state index is -4.14. The molecule has 1 saturated heterocycles. The van der Waals surface area contributed by atoms with E-state index < -0.39 is 12.1 Å². The maximum Gasteiger partial charge on any atom is 0.393 e. The third-order valence-corrected chi connectivity index (χ3v) is 4.66. The molecule has 1 aliphatic heterocycles. The van der Waals surface area contributed by atoms with Crippen molar-refractivity contribution in [2.45, 2.75) is 25.4 Å². The second-order valence-electron chi connectivity index (χ2n) is 5.30. The van der Waals surface area contributed by atoms with E-state index in [0.717, 1.165) is 10.7 Å². The van der Waals surface area contributed by atoms with Crippen LogP contribution in [0, 0.1) is 5.92 Å². The maximum atomic E-state index is 13.0. The Hall–Kier alpha value is -1.28. The van der Waals surface area contributed by atoms with Crippen LogP contribution in [0.15, 0.2) is 11.6 Å². The van der Waals surface area contributed by atoms with Gasteiger partial charge in [0.2, 0.25) is 0 Å². The molecular weight excluding hydrogens is 301 g/mol. The number of imidazole rings is 1. The maximum absolute atomic E-state index is 13.0. The summed E-state index contributed by atoms with van der Waals surface area (Å²) < 4.78 is 40.8. The summed E-state index contributed by atoms with van der Waals surface area (Å²) in [5, 5.41) is 1.92. The van der Waals surface area contributed by atoms with Gasteiger partial charge < -0.3 is 10.6 Å². The van der Waals surface area contributed by atoms with Gasteiger partial charge in [0.15, 0.2) is 10.8 Å². The van der Waals surface area contributed by atoms with Crippen LogP contribution in [-0.2, 0) is 6.42 Å². The number of nitrogens with two attached hydrogens (primary N) is 1. The highest BCUT2D eigenvalue weighted by Crippen LogP contribution is 2.36. The molecule has 0 saturated carbocycles. The molecule has 8 heteroatoms. The van der Waals surface area contributed by atoms with Crippen LogP contribution in [0.1, 0.15) is 18.5 Å². The Labute approximate surface area is 124 Å². The molecule has 21 heavy (non-hydrogen) atoms. The van der Waals surface area contributed by atoms with Gasteiger partial charge in [-0.15, -0.1) is 11.3 Å². The molecule has 0 spiro atoms. The summed E-state index contributed by atoms with van der Waals surface area (Å²) in [6, 6.07) is 0. The van der Waals surface area contributed by atoms with Crippen molar-refractivity contribution in [3.05, 3.63) is 17.3 Å². The van der Waals surface area contributed by atoms with E-state index in [0.29, 0.717) is 31.7 Å². The van der Waals surface area contributed by atoms with Crippen LogP contribution in [0.5, 0.6) is 0 Å². The zero-order chi connectivity index (χ0) is 15.0. The lowest BCUT2D eigenvalue weighted by molar-refractivity contribution is -0.176. The molecule has 1 fully saturated rings. The zero-order valence-corrected chi connectivity index (χ0v) is 12.3. The number of thiazole rings is 1. The van der Waals surface area contributed by atoms with Crippen LogP contribution >= 0.6 is 11.3 Å². The van der Waals surface area contributed by atoms with Crippen molar-refractivity contribution >= 4 is 22.1 Å². The molecule has 4 nitrogen and oxygen atoms in total. The number of anilines is 1. The molecule has 3 heterocycles. The van der Waals surface area contributed by atoms with Crippen molar-refractivity contribution in [1.29, 1.82) is 0 Å². The number of piperidine rings is 1. The van der Waals surface area contributed by atoms with Crippen molar-refractivity contribution in [2.24, 2.45) is 11.7 Å². The second kappa shape index (κ2) is 5.49. The van der Waals surface area contributed by atoms with E-state index in [9.17, 15) is 13.2 Å². The topological polar surface area (TPSA) is 46.6 Å². The lowest BCUT2D eigenvalue weighted by Crippen LogP contribution is -2.42. The summed E-state index contributed by atoms with van der Waals surface area (Å²) in [5.41, 5.74) is 6.55. The van der Waals surface area contributed by atoms with Gasteiger partial charge in [0.1, 0.15) is 0 Å². The van der Waals surface area contributed by atoms with E-state index in [1.54, 1.807) is 4.90 Å². The quantitative estimate of drug-likeness (QED) is 0.946. The summed E-state index contributed by atoms with van der Waals surface area (Å²) in [7, 11) is 0. The van der Waals surface area contributed by atoms with Crippen molar-refractivity contribution in [1.82, 2.24) is 9.38 Å². The molecule has 0 radical (unpaired) electrons. The summed E-state index contributed by atoms with van der Waals surface area (Å²) in [4.78, 5) is 7.09. The zero-order valence-electron chi connectivity index (χ0n) is 11.4. The average molecular weight is 318 g/mol. The normalized spacial score (nSPS) is 20.4. The van der Waals surface area contributed by atoms with E-state index in [1.807, 2.05) is 16.0 Å². The Balaban J connectivity index is 1.92. The first-order chi connectivity index (χ1) is 10.0. The predicted molar refractivity (Wildman–Crippen MR) is 76.8 cm³/mol. The van der Waals surface area contributed by atoms with Crippen molar-refractivity contribution in [3.63, 3.8) is 0 Å². The van der Waals surface area contributed by atoms with E-state index in [4.69, 9.17) is 5.73 Å². The summed E-state index contributed by atoms with van der Waals surface area (Å²) in [5.74, 6) is -0.599. The fourth-order valence-electron chi connectivity index (χ4n) is 2.88. The second-order valence-corrected chi connectivity index (χ2v) is 6.18. The minimum Gasteiger partial charge on any atom is -0.354 e. The van der Waals surface area contributed by atoms with Crippen LogP contribution in [0.25, 0.3) is 4.96 Å². The number of alkyl halides is 3. The van der Waals surface area contributed by atoms with E-state index >= 15 is 0 Å². The Kier molecular flexibility index (Phi) is 3.83. The van der Waals surface area contributed by atoms with Gasteiger partial charge in [0, 0.05) is 31.1 Å². The standard InChI is InChI=1S/C13H17F3N4S/c14-13(15,16)9-2-1-5-19(8-9)11-10(3-4-17)20-6-7-21-12(20)18-11/h6-7,9H,1-5,8,17H2. The first kappa shape index (κ1) is 14.6. The number of hydrogen-bond acceptors (Lipinski definition) is 4. The van der Waals surface area contributed by atoms with Gasteiger partial charge in [-0.05, 0) is 19.4 Å². The number of rotatable bonds is 3. The van der Waals surface area contributed by atoms with E-state index in [1.165, 1.54) is 11.3 Å². The molecule has 0 bridgehead atoms.